The smallest absolute Gasteiger partial charge is 0.224 e. The maximum absolute atomic E-state index is 13.4. The molecule has 0 spiro atoms. The zero-order chi connectivity index (χ0) is 16.0. The minimum atomic E-state index is -0.382. The lowest BCUT2D eigenvalue weighted by Crippen LogP contribution is -2.32. The van der Waals surface area contributed by atoms with Gasteiger partial charge in [-0.05, 0) is 37.0 Å². The number of benzene rings is 1. The topological polar surface area (TPSA) is 66.0 Å². The Labute approximate surface area is 133 Å². The van der Waals surface area contributed by atoms with E-state index in [1.807, 2.05) is 0 Å². The number of anilines is 1. The summed E-state index contributed by atoms with van der Waals surface area (Å²) in [7, 11) is 0. The summed E-state index contributed by atoms with van der Waals surface area (Å²) < 4.78 is 19.2. The summed E-state index contributed by atoms with van der Waals surface area (Å²) in [4.78, 5) is 2.17. The van der Waals surface area contributed by atoms with Crippen molar-refractivity contribution in [3.63, 3.8) is 0 Å². The molecule has 4 rings (SSSR count). The fourth-order valence-electron chi connectivity index (χ4n) is 4.19. The van der Waals surface area contributed by atoms with Gasteiger partial charge in [-0.3, -0.25) is 0 Å². The third kappa shape index (κ3) is 2.11. The first-order chi connectivity index (χ1) is 11.1. The van der Waals surface area contributed by atoms with Crippen molar-refractivity contribution < 1.29 is 8.81 Å². The molecule has 0 radical (unpaired) electrons. The van der Waals surface area contributed by atoms with Gasteiger partial charge in [0.25, 0.3) is 0 Å². The minimum Gasteiger partial charge on any atom is -0.425 e. The summed E-state index contributed by atoms with van der Waals surface area (Å²) >= 11 is 0. The van der Waals surface area contributed by atoms with Crippen molar-refractivity contribution in [2.45, 2.75) is 31.6 Å². The van der Waals surface area contributed by atoms with Crippen molar-refractivity contribution in [1.29, 1.82) is 5.26 Å². The van der Waals surface area contributed by atoms with Crippen LogP contribution >= 0.6 is 0 Å². The van der Waals surface area contributed by atoms with E-state index in [1.165, 1.54) is 12.1 Å². The van der Waals surface area contributed by atoms with E-state index in [-0.39, 0.29) is 11.2 Å². The second-order valence-electron chi connectivity index (χ2n) is 6.53. The Balaban J connectivity index is 1.72. The number of fused-ring (bicyclic) bond motifs is 1. The van der Waals surface area contributed by atoms with Crippen LogP contribution in [-0.4, -0.2) is 23.3 Å². The van der Waals surface area contributed by atoms with Gasteiger partial charge in [0.15, 0.2) is 0 Å². The lowest BCUT2D eigenvalue weighted by Gasteiger charge is -2.25. The monoisotopic (exact) mass is 312 g/mol. The molecule has 6 heteroatoms. The van der Waals surface area contributed by atoms with Crippen molar-refractivity contribution in [2.24, 2.45) is 5.92 Å². The summed E-state index contributed by atoms with van der Waals surface area (Å²) in [5, 5.41) is 17.6. The van der Waals surface area contributed by atoms with E-state index in [0.717, 1.165) is 38.0 Å². The highest BCUT2D eigenvalue weighted by molar-refractivity contribution is 5.61. The first-order valence-corrected chi connectivity index (χ1v) is 7.87. The van der Waals surface area contributed by atoms with E-state index in [9.17, 15) is 9.65 Å². The third-order valence-electron chi connectivity index (χ3n) is 5.24. The van der Waals surface area contributed by atoms with Crippen LogP contribution in [0.5, 0.6) is 0 Å². The third-order valence-corrected chi connectivity index (χ3v) is 5.24. The largest absolute Gasteiger partial charge is 0.425 e. The molecule has 0 amide bonds. The number of aromatic nitrogens is 2. The summed E-state index contributed by atoms with van der Waals surface area (Å²) in [5.41, 5.74) is 1.03. The molecule has 1 aromatic carbocycles. The molecule has 1 saturated heterocycles. The number of hydrogen-bond acceptors (Lipinski definition) is 5. The van der Waals surface area contributed by atoms with E-state index in [1.54, 1.807) is 13.0 Å². The van der Waals surface area contributed by atoms with Crippen LogP contribution in [0.15, 0.2) is 22.6 Å². The standard InChI is InChI=1S/C17H17FN4O/c1-11-20-21-16(23-11)17-6-2-3-13(17)9-22(10-17)15-5-4-14(18)7-12(15)8-19/h4-5,7,13H,2-3,6,9-10H2,1H3/t13-,17-/m0/s1. The average molecular weight is 312 g/mol. The van der Waals surface area contributed by atoms with Crippen molar-refractivity contribution in [3.8, 4) is 6.07 Å². The van der Waals surface area contributed by atoms with Gasteiger partial charge in [0.05, 0.1) is 16.7 Å². The van der Waals surface area contributed by atoms with Crippen molar-refractivity contribution in [3.05, 3.63) is 41.4 Å². The van der Waals surface area contributed by atoms with Crippen molar-refractivity contribution >= 4 is 5.69 Å². The Hall–Kier alpha value is -2.42. The molecule has 0 unspecified atom stereocenters. The van der Waals surface area contributed by atoms with Gasteiger partial charge in [0.2, 0.25) is 11.8 Å². The van der Waals surface area contributed by atoms with Gasteiger partial charge in [-0.2, -0.15) is 5.26 Å². The molecule has 1 aliphatic heterocycles. The molecule has 0 N–H and O–H groups in total. The zero-order valence-electron chi connectivity index (χ0n) is 12.9. The van der Waals surface area contributed by atoms with E-state index >= 15 is 0 Å². The fourth-order valence-corrected chi connectivity index (χ4v) is 4.19. The lowest BCUT2D eigenvalue weighted by atomic mass is 9.80. The highest BCUT2D eigenvalue weighted by Gasteiger charge is 2.54. The van der Waals surface area contributed by atoms with E-state index < -0.39 is 0 Å². The molecule has 2 aromatic rings. The number of rotatable bonds is 2. The first-order valence-electron chi connectivity index (χ1n) is 7.87. The molecule has 1 aromatic heterocycles. The SMILES string of the molecule is Cc1nnc([C@]23CCC[C@H]2CN(c2ccc(F)cc2C#N)C3)o1. The zero-order valence-corrected chi connectivity index (χ0v) is 12.9. The van der Waals surface area contributed by atoms with Gasteiger partial charge < -0.3 is 9.32 Å². The molecular weight excluding hydrogens is 295 g/mol. The van der Waals surface area contributed by atoms with Crippen molar-refractivity contribution in [1.82, 2.24) is 10.2 Å². The van der Waals surface area contributed by atoms with E-state index in [0.29, 0.717) is 23.3 Å². The summed E-state index contributed by atoms with van der Waals surface area (Å²) in [6.45, 7) is 3.37. The highest BCUT2D eigenvalue weighted by Crippen LogP contribution is 2.51. The Kier molecular flexibility index (Phi) is 3.12. The fraction of sp³-hybridized carbons (Fsp3) is 0.471. The molecular formula is C17H17FN4O. The first kappa shape index (κ1) is 14.2. The van der Waals surface area contributed by atoms with Crippen LogP contribution in [-0.2, 0) is 5.41 Å². The molecule has 1 aliphatic carbocycles. The predicted molar refractivity (Wildman–Crippen MR) is 81.4 cm³/mol. The molecule has 2 heterocycles. The molecule has 5 nitrogen and oxygen atoms in total. The lowest BCUT2D eigenvalue weighted by molar-refractivity contribution is 0.299. The van der Waals surface area contributed by atoms with Gasteiger partial charge >= 0.3 is 0 Å². The van der Waals surface area contributed by atoms with Gasteiger partial charge in [-0.25, -0.2) is 4.39 Å². The number of halogens is 1. The van der Waals surface area contributed by atoms with Crippen molar-refractivity contribution in [2.75, 3.05) is 18.0 Å². The average Bonchev–Trinajstić information content (AvgIpc) is 3.20. The van der Waals surface area contributed by atoms with Gasteiger partial charge in [0.1, 0.15) is 11.9 Å². The molecule has 2 aliphatic rings. The van der Waals surface area contributed by atoms with E-state index in [2.05, 4.69) is 21.2 Å². The van der Waals surface area contributed by atoms with Crippen LogP contribution in [0.4, 0.5) is 10.1 Å². The van der Waals surface area contributed by atoms with Crippen LogP contribution in [0.2, 0.25) is 0 Å². The Morgan fingerprint density at radius 3 is 3.04 bits per heavy atom. The van der Waals surface area contributed by atoms with Crippen LogP contribution < -0.4 is 4.90 Å². The molecule has 2 atom stereocenters. The second-order valence-corrected chi connectivity index (χ2v) is 6.53. The number of aryl methyl sites for hydroxylation is 1. The normalized spacial score (nSPS) is 26.3. The van der Waals surface area contributed by atoms with E-state index in [4.69, 9.17) is 4.42 Å². The minimum absolute atomic E-state index is 0.137. The second kappa shape index (κ2) is 5.05. The van der Waals surface area contributed by atoms with Gasteiger partial charge in [0, 0.05) is 20.0 Å². The summed E-state index contributed by atoms with van der Waals surface area (Å²) in [6.07, 6.45) is 3.27. The number of hydrogen-bond donors (Lipinski definition) is 0. The Morgan fingerprint density at radius 1 is 1.43 bits per heavy atom. The van der Waals surface area contributed by atoms with Crippen LogP contribution in [0.3, 0.4) is 0 Å². The van der Waals surface area contributed by atoms with Gasteiger partial charge in [-0.15, -0.1) is 10.2 Å². The molecule has 1 saturated carbocycles. The number of nitrogens with zero attached hydrogens (tertiary/aromatic N) is 4. The molecule has 118 valence electrons. The predicted octanol–water partition coefficient (Wildman–Crippen LogP) is 2.95. The van der Waals surface area contributed by atoms with Crippen LogP contribution in [0.25, 0.3) is 0 Å². The van der Waals surface area contributed by atoms with Crippen LogP contribution in [0.1, 0.15) is 36.6 Å². The summed E-state index contributed by atoms with van der Waals surface area (Å²) in [6, 6.07) is 6.51. The maximum atomic E-state index is 13.4. The van der Waals surface area contributed by atoms with Crippen LogP contribution in [0, 0.1) is 30.0 Å². The molecule has 2 fully saturated rings. The molecule has 0 bridgehead atoms. The van der Waals surface area contributed by atoms with Gasteiger partial charge in [-0.1, -0.05) is 6.42 Å². The Morgan fingerprint density at radius 2 is 2.30 bits per heavy atom. The number of nitriles is 1. The summed E-state index contributed by atoms with van der Waals surface area (Å²) in [5.74, 6) is 1.34. The quantitative estimate of drug-likeness (QED) is 0.853. The Bertz CT molecular complexity index is 796. The maximum Gasteiger partial charge on any atom is 0.224 e. The molecule has 23 heavy (non-hydrogen) atoms. The highest BCUT2D eigenvalue weighted by atomic mass is 19.1.